The van der Waals surface area contributed by atoms with Crippen molar-refractivity contribution >= 4 is 17.7 Å². The Morgan fingerprint density at radius 3 is 1.93 bits per heavy atom. The molecule has 0 aliphatic rings. The summed E-state index contributed by atoms with van der Waals surface area (Å²) in [7, 11) is 0. The van der Waals surface area contributed by atoms with Crippen molar-refractivity contribution in [1.82, 2.24) is 5.32 Å². The monoisotopic (exact) mass is 424 g/mol. The van der Waals surface area contributed by atoms with Gasteiger partial charge in [-0.15, -0.1) is 13.2 Å². The summed E-state index contributed by atoms with van der Waals surface area (Å²) < 4.78 is 107. The van der Waals surface area contributed by atoms with E-state index in [2.05, 4.69) is 4.74 Å². The lowest BCUT2D eigenvalue weighted by molar-refractivity contribution is -0.274. The largest absolute Gasteiger partial charge is 0.573 e. The van der Waals surface area contributed by atoms with Gasteiger partial charge in [0.15, 0.2) is 11.3 Å². The summed E-state index contributed by atoms with van der Waals surface area (Å²) in [6.45, 7) is -0.131. The van der Waals surface area contributed by atoms with E-state index in [-0.39, 0.29) is 13.8 Å². The molecule has 0 aliphatic carbocycles. The predicted octanol–water partition coefficient (Wildman–Crippen LogP) is 4.38. The second kappa shape index (κ2) is 7.31. The maximum absolute atomic E-state index is 13.4. The van der Waals surface area contributed by atoms with Crippen LogP contribution in [-0.4, -0.2) is 41.1 Å². The van der Waals surface area contributed by atoms with Crippen molar-refractivity contribution in [2.75, 3.05) is 5.32 Å². The topological polar surface area (TPSA) is 87.7 Å². The van der Waals surface area contributed by atoms with Crippen LogP contribution >= 0.6 is 0 Å². The van der Waals surface area contributed by atoms with Crippen molar-refractivity contribution in [1.29, 1.82) is 0 Å². The molecule has 0 saturated carbocycles. The van der Waals surface area contributed by atoms with Gasteiger partial charge in [0, 0.05) is 6.92 Å². The first-order chi connectivity index (χ1) is 12.4. The van der Waals surface area contributed by atoms with E-state index < -0.39 is 53.0 Å². The summed E-state index contributed by atoms with van der Waals surface area (Å²) in [6.07, 6.45) is -11.0. The van der Waals surface area contributed by atoms with E-state index in [1.807, 2.05) is 0 Å². The molecule has 1 aromatic carbocycles. The van der Waals surface area contributed by atoms with Gasteiger partial charge in [-0.2, -0.15) is 13.2 Å². The SMILES string of the molecule is CC(F)(F)C(C)(NC(=O)Nc1ccc(C(=O)O)cc1OC(F)(F)F)C(F)(F)F. The number of amides is 2. The van der Waals surface area contributed by atoms with Gasteiger partial charge in [0.25, 0.3) is 5.92 Å². The van der Waals surface area contributed by atoms with Crippen molar-refractivity contribution in [2.45, 2.75) is 37.8 Å². The first-order valence-corrected chi connectivity index (χ1v) is 7.04. The molecule has 0 heterocycles. The number of carboxylic acids is 1. The number of hydrogen-bond acceptors (Lipinski definition) is 3. The van der Waals surface area contributed by atoms with Gasteiger partial charge in [-0.3, -0.25) is 0 Å². The lowest BCUT2D eigenvalue weighted by Gasteiger charge is -2.37. The third kappa shape index (κ3) is 5.36. The minimum atomic E-state index is -5.62. The smallest absolute Gasteiger partial charge is 0.478 e. The molecule has 158 valence electrons. The lowest BCUT2D eigenvalue weighted by atomic mass is 9.94. The molecule has 0 aliphatic heterocycles. The van der Waals surface area contributed by atoms with Gasteiger partial charge in [-0.25, -0.2) is 18.4 Å². The molecule has 28 heavy (non-hydrogen) atoms. The highest BCUT2D eigenvalue weighted by molar-refractivity contribution is 5.94. The molecule has 0 spiro atoms. The van der Waals surface area contributed by atoms with Crippen LogP contribution in [0, 0.1) is 0 Å². The van der Waals surface area contributed by atoms with Gasteiger partial charge < -0.3 is 20.5 Å². The molecule has 0 saturated heterocycles. The van der Waals surface area contributed by atoms with E-state index in [9.17, 15) is 44.7 Å². The predicted molar refractivity (Wildman–Crippen MR) is 77.3 cm³/mol. The Morgan fingerprint density at radius 2 is 1.54 bits per heavy atom. The number of nitrogens with one attached hydrogen (secondary N) is 2. The summed E-state index contributed by atoms with van der Waals surface area (Å²) in [4.78, 5) is 22.6. The number of aromatic carboxylic acids is 1. The molecule has 1 aromatic rings. The highest BCUT2D eigenvalue weighted by Gasteiger charge is 2.65. The summed E-state index contributed by atoms with van der Waals surface area (Å²) in [6, 6.07) is -0.308. The Bertz CT molecular complexity index is 741. The Labute approximate surface area is 151 Å². The van der Waals surface area contributed by atoms with E-state index in [0.717, 1.165) is 5.32 Å². The van der Waals surface area contributed by atoms with Crippen LogP contribution in [0.1, 0.15) is 24.2 Å². The van der Waals surface area contributed by atoms with Gasteiger partial charge in [-0.1, -0.05) is 0 Å². The number of benzene rings is 1. The second-order valence-electron chi connectivity index (χ2n) is 5.65. The van der Waals surface area contributed by atoms with E-state index in [1.165, 1.54) is 5.32 Å². The lowest BCUT2D eigenvalue weighted by Crippen LogP contribution is -2.66. The standard InChI is InChI=1S/C14H12F8N2O4/c1-11(12(2,15)16,13(17,18)19)24-10(27)23-7-4-3-6(9(25)26)5-8(7)28-14(20,21)22/h3-5H,1-2H3,(H,25,26)(H2,23,24,27). The molecule has 0 fully saturated rings. The van der Waals surface area contributed by atoms with E-state index in [0.29, 0.717) is 18.2 Å². The van der Waals surface area contributed by atoms with Crippen LogP contribution in [0.4, 0.5) is 45.6 Å². The third-order valence-electron chi connectivity index (χ3n) is 3.51. The molecule has 1 atom stereocenters. The van der Waals surface area contributed by atoms with E-state index in [4.69, 9.17) is 5.11 Å². The van der Waals surface area contributed by atoms with Gasteiger partial charge in [-0.05, 0) is 25.1 Å². The number of carbonyl (C=O) groups excluding carboxylic acids is 1. The average molecular weight is 424 g/mol. The van der Waals surface area contributed by atoms with Gasteiger partial charge in [0.05, 0.1) is 11.3 Å². The Kier molecular flexibility index (Phi) is 6.07. The van der Waals surface area contributed by atoms with Gasteiger partial charge >= 0.3 is 24.5 Å². The minimum absolute atomic E-state index is 0.0206. The average Bonchev–Trinajstić information content (AvgIpc) is 2.44. The maximum Gasteiger partial charge on any atom is 0.573 e. The molecular formula is C14H12F8N2O4. The zero-order chi connectivity index (χ0) is 22.1. The summed E-state index contributed by atoms with van der Waals surface area (Å²) in [5, 5.41) is 11.2. The van der Waals surface area contributed by atoms with Crippen LogP contribution in [0.2, 0.25) is 0 Å². The molecule has 0 bridgehead atoms. The number of hydrogen-bond donors (Lipinski definition) is 3. The maximum atomic E-state index is 13.4. The van der Waals surface area contributed by atoms with Crippen LogP contribution in [0.5, 0.6) is 5.75 Å². The zero-order valence-electron chi connectivity index (χ0n) is 13.9. The van der Waals surface area contributed by atoms with Crippen molar-refractivity contribution in [3.63, 3.8) is 0 Å². The molecule has 0 aromatic heterocycles. The Hall–Kier alpha value is -2.80. The number of ether oxygens (including phenoxy) is 1. The number of halogens is 8. The Morgan fingerprint density at radius 1 is 1.00 bits per heavy atom. The first-order valence-electron chi connectivity index (χ1n) is 7.04. The highest BCUT2D eigenvalue weighted by Crippen LogP contribution is 2.41. The number of alkyl halides is 8. The number of carboxylic acid groups (broad SMARTS) is 1. The highest BCUT2D eigenvalue weighted by atomic mass is 19.4. The molecule has 0 radical (unpaired) electrons. The van der Waals surface area contributed by atoms with Crippen LogP contribution in [-0.2, 0) is 0 Å². The fraction of sp³-hybridized carbons (Fsp3) is 0.429. The van der Waals surface area contributed by atoms with Gasteiger partial charge in [0.1, 0.15) is 0 Å². The van der Waals surface area contributed by atoms with Crippen molar-refractivity contribution in [3.05, 3.63) is 23.8 Å². The molecular weight excluding hydrogens is 412 g/mol. The van der Waals surface area contributed by atoms with Crippen LogP contribution in [0.3, 0.4) is 0 Å². The normalized spacial score (nSPS) is 14.8. The molecule has 1 unspecified atom stereocenters. The molecule has 3 N–H and O–H groups in total. The number of carbonyl (C=O) groups is 2. The van der Waals surface area contributed by atoms with Gasteiger partial charge in [0.2, 0.25) is 0 Å². The third-order valence-corrected chi connectivity index (χ3v) is 3.51. The molecule has 1 rings (SSSR count). The number of urea groups is 1. The molecule has 6 nitrogen and oxygen atoms in total. The fourth-order valence-corrected chi connectivity index (χ4v) is 1.78. The number of rotatable bonds is 5. The quantitative estimate of drug-likeness (QED) is 0.613. The number of anilines is 1. The zero-order valence-corrected chi connectivity index (χ0v) is 13.9. The molecule has 14 heteroatoms. The summed E-state index contributed by atoms with van der Waals surface area (Å²) >= 11 is 0. The van der Waals surface area contributed by atoms with Crippen molar-refractivity contribution in [3.8, 4) is 5.75 Å². The summed E-state index contributed by atoms with van der Waals surface area (Å²) in [5.74, 6) is -7.45. The second-order valence-corrected chi connectivity index (χ2v) is 5.65. The van der Waals surface area contributed by atoms with Crippen molar-refractivity contribution < 1.29 is 54.6 Å². The first kappa shape index (κ1) is 23.2. The van der Waals surface area contributed by atoms with Crippen LogP contribution < -0.4 is 15.4 Å². The van der Waals surface area contributed by atoms with E-state index >= 15 is 0 Å². The Balaban J connectivity index is 3.22. The fourth-order valence-electron chi connectivity index (χ4n) is 1.78. The van der Waals surface area contributed by atoms with E-state index in [1.54, 1.807) is 0 Å². The van der Waals surface area contributed by atoms with Crippen LogP contribution in [0.15, 0.2) is 18.2 Å². The summed E-state index contributed by atoms with van der Waals surface area (Å²) in [5.41, 5.74) is -5.68. The minimum Gasteiger partial charge on any atom is -0.478 e. The van der Waals surface area contributed by atoms with Crippen LogP contribution in [0.25, 0.3) is 0 Å². The van der Waals surface area contributed by atoms with Crippen molar-refractivity contribution in [2.24, 2.45) is 0 Å². The molecule has 2 amide bonds.